The molecule has 0 aliphatic rings. The van der Waals surface area contributed by atoms with Crippen LogP contribution in [0.2, 0.25) is 5.02 Å². The van der Waals surface area contributed by atoms with Crippen molar-refractivity contribution in [2.45, 2.75) is 0 Å². The van der Waals surface area contributed by atoms with Crippen LogP contribution in [-0.4, -0.2) is 25.4 Å². The molecule has 0 fully saturated rings. The predicted octanol–water partition coefficient (Wildman–Crippen LogP) is 1.91. The third-order valence-electron chi connectivity index (χ3n) is 1.48. The Balaban J connectivity index is 2.36. The van der Waals surface area contributed by atoms with Gasteiger partial charge in [0.05, 0.1) is 0 Å². The lowest BCUT2D eigenvalue weighted by atomic mass is 10.3. The summed E-state index contributed by atoms with van der Waals surface area (Å²) in [7, 11) is 0. The topological polar surface area (TPSA) is 59.4 Å². The summed E-state index contributed by atoms with van der Waals surface area (Å²) >= 11 is 5.72. The van der Waals surface area contributed by atoms with Crippen LogP contribution in [0.25, 0.3) is 0 Å². The van der Waals surface area contributed by atoms with Crippen LogP contribution in [0.5, 0.6) is 5.75 Å². The molecule has 0 aliphatic heterocycles. The molecule has 0 saturated carbocycles. The fourth-order valence-corrected chi connectivity index (χ4v) is 1.06. The van der Waals surface area contributed by atoms with Crippen molar-refractivity contribution in [3.8, 4) is 5.75 Å². The summed E-state index contributed by atoms with van der Waals surface area (Å²) in [5, 5.41) is 7.20. The molecule has 80 valence electrons. The number of hydrogen-bond donors (Lipinski definition) is 1. The highest BCUT2D eigenvalue weighted by Gasteiger charge is 2.03. The minimum absolute atomic E-state index is 0.0300. The summed E-state index contributed by atoms with van der Waals surface area (Å²) in [5.74, 6) is -0.00669. The van der Waals surface area contributed by atoms with Gasteiger partial charge in [0.15, 0.2) is 6.61 Å². The fourth-order valence-electron chi connectivity index (χ4n) is 0.875. The first kappa shape index (κ1) is 11.5. The molecule has 0 heterocycles. The lowest BCUT2D eigenvalue weighted by molar-refractivity contribution is -0.144. The molecule has 0 amide bonds. The predicted molar refractivity (Wildman–Crippen MR) is 56.7 cm³/mol. The molecule has 0 radical (unpaired) electrons. The van der Waals surface area contributed by atoms with Crippen LogP contribution in [0.15, 0.2) is 24.3 Å². The first-order valence-corrected chi connectivity index (χ1v) is 4.63. The van der Waals surface area contributed by atoms with E-state index in [9.17, 15) is 4.79 Å². The zero-order valence-electron chi connectivity index (χ0n) is 7.90. The van der Waals surface area contributed by atoms with Crippen LogP contribution in [-0.2, 0) is 9.53 Å². The van der Waals surface area contributed by atoms with Crippen molar-refractivity contribution in [3.05, 3.63) is 29.3 Å². The summed E-state index contributed by atoms with van der Waals surface area (Å²) < 4.78 is 9.71. The molecule has 15 heavy (non-hydrogen) atoms. The zero-order valence-corrected chi connectivity index (χ0v) is 8.66. The number of halogens is 1. The van der Waals surface area contributed by atoms with Gasteiger partial charge in [-0.3, -0.25) is 0 Å². The van der Waals surface area contributed by atoms with Gasteiger partial charge in [-0.2, -0.15) is 0 Å². The maximum Gasteiger partial charge on any atom is 0.344 e. The SMILES string of the molecule is N=CCOC(=O)COc1cccc(Cl)c1. The van der Waals surface area contributed by atoms with Gasteiger partial charge >= 0.3 is 5.97 Å². The van der Waals surface area contributed by atoms with E-state index in [0.717, 1.165) is 6.21 Å². The quantitative estimate of drug-likeness (QED) is 0.618. The summed E-state index contributed by atoms with van der Waals surface area (Å²) in [6.07, 6.45) is 0.997. The third-order valence-corrected chi connectivity index (χ3v) is 1.72. The first-order valence-electron chi connectivity index (χ1n) is 4.25. The number of esters is 1. The van der Waals surface area contributed by atoms with Crippen LogP contribution in [0.3, 0.4) is 0 Å². The average Bonchev–Trinajstić information content (AvgIpc) is 2.23. The van der Waals surface area contributed by atoms with Crippen molar-refractivity contribution in [2.75, 3.05) is 13.2 Å². The van der Waals surface area contributed by atoms with Gasteiger partial charge in [-0.1, -0.05) is 17.7 Å². The summed E-state index contributed by atoms with van der Waals surface area (Å²) in [6, 6.07) is 6.73. The molecule has 5 heteroatoms. The number of ether oxygens (including phenoxy) is 2. The van der Waals surface area contributed by atoms with Gasteiger partial charge in [-0.15, -0.1) is 0 Å². The monoisotopic (exact) mass is 227 g/mol. The van der Waals surface area contributed by atoms with E-state index in [0.29, 0.717) is 10.8 Å². The first-order chi connectivity index (χ1) is 7.22. The average molecular weight is 228 g/mol. The van der Waals surface area contributed by atoms with E-state index >= 15 is 0 Å². The second-order valence-electron chi connectivity index (χ2n) is 2.63. The minimum atomic E-state index is -0.515. The third kappa shape index (κ3) is 4.46. The Morgan fingerprint density at radius 3 is 3.00 bits per heavy atom. The van der Waals surface area contributed by atoms with E-state index in [1.807, 2.05) is 0 Å². The number of nitrogens with one attached hydrogen (secondary N) is 1. The molecule has 0 bridgehead atoms. The summed E-state index contributed by atoms with van der Waals surface area (Å²) in [5.41, 5.74) is 0. The van der Waals surface area contributed by atoms with Gasteiger partial charge < -0.3 is 14.9 Å². The molecule has 0 unspecified atom stereocenters. The molecular formula is C10H10ClNO3. The Morgan fingerprint density at radius 2 is 2.33 bits per heavy atom. The minimum Gasteiger partial charge on any atom is -0.482 e. The van der Waals surface area contributed by atoms with E-state index in [2.05, 4.69) is 4.74 Å². The van der Waals surface area contributed by atoms with Gasteiger partial charge in [0, 0.05) is 11.2 Å². The highest BCUT2D eigenvalue weighted by atomic mass is 35.5. The fraction of sp³-hybridized carbons (Fsp3) is 0.200. The largest absolute Gasteiger partial charge is 0.482 e. The lowest BCUT2D eigenvalue weighted by Crippen LogP contribution is -2.15. The highest BCUT2D eigenvalue weighted by Crippen LogP contribution is 2.16. The molecule has 0 aliphatic carbocycles. The maximum absolute atomic E-state index is 11.0. The number of benzene rings is 1. The smallest absolute Gasteiger partial charge is 0.344 e. The van der Waals surface area contributed by atoms with Gasteiger partial charge in [0.1, 0.15) is 12.4 Å². The molecule has 4 nitrogen and oxygen atoms in total. The number of rotatable bonds is 5. The molecule has 0 atom stereocenters. The van der Waals surface area contributed by atoms with Crippen molar-refractivity contribution in [3.63, 3.8) is 0 Å². The van der Waals surface area contributed by atoms with E-state index < -0.39 is 5.97 Å². The van der Waals surface area contributed by atoms with Crippen LogP contribution < -0.4 is 4.74 Å². The number of carbonyl (C=O) groups is 1. The van der Waals surface area contributed by atoms with Crippen molar-refractivity contribution in [1.82, 2.24) is 0 Å². The van der Waals surface area contributed by atoms with Crippen molar-refractivity contribution < 1.29 is 14.3 Å². The Labute approximate surface area is 92.3 Å². The van der Waals surface area contributed by atoms with Crippen LogP contribution in [0.1, 0.15) is 0 Å². The van der Waals surface area contributed by atoms with E-state index in [1.54, 1.807) is 24.3 Å². The van der Waals surface area contributed by atoms with Gasteiger partial charge in [-0.05, 0) is 18.2 Å². The van der Waals surface area contributed by atoms with Gasteiger partial charge in [0.2, 0.25) is 0 Å². The standard InChI is InChI=1S/C10H10ClNO3/c11-8-2-1-3-9(6-8)15-7-10(13)14-5-4-12/h1-4,6,12H,5,7H2. The zero-order chi connectivity index (χ0) is 11.1. The Kier molecular flexibility index (Phi) is 4.63. The molecule has 0 saturated heterocycles. The Hall–Kier alpha value is -1.55. The molecule has 0 aromatic heterocycles. The summed E-state index contributed by atoms with van der Waals surface area (Å²) in [4.78, 5) is 11.0. The van der Waals surface area contributed by atoms with Gasteiger partial charge in [-0.25, -0.2) is 4.79 Å². The van der Waals surface area contributed by atoms with Crippen molar-refractivity contribution in [1.29, 1.82) is 5.41 Å². The van der Waals surface area contributed by atoms with Crippen molar-refractivity contribution in [2.24, 2.45) is 0 Å². The molecule has 1 N–H and O–H groups in total. The van der Waals surface area contributed by atoms with Gasteiger partial charge in [0.25, 0.3) is 0 Å². The van der Waals surface area contributed by atoms with E-state index in [4.69, 9.17) is 21.7 Å². The van der Waals surface area contributed by atoms with Crippen LogP contribution in [0, 0.1) is 5.41 Å². The molecular weight excluding hydrogens is 218 g/mol. The van der Waals surface area contributed by atoms with Crippen LogP contribution >= 0.6 is 11.6 Å². The second-order valence-corrected chi connectivity index (χ2v) is 3.07. The Bertz CT molecular complexity index is 354. The molecule has 0 spiro atoms. The number of carbonyl (C=O) groups excluding carboxylic acids is 1. The van der Waals surface area contributed by atoms with E-state index in [-0.39, 0.29) is 13.2 Å². The highest BCUT2D eigenvalue weighted by molar-refractivity contribution is 6.30. The van der Waals surface area contributed by atoms with Crippen molar-refractivity contribution >= 4 is 23.8 Å². The second kappa shape index (κ2) is 6.03. The summed E-state index contributed by atoms with van der Waals surface area (Å²) in [6.45, 7) is -0.216. The maximum atomic E-state index is 11.0. The number of hydrogen-bond acceptors (Lipinski definition) is 4. The lowest BCUT2D eigenvalue weighted by Gasteiger charge is -2.05. The van der Waals surface area contributed by atoms with E-state index in [1.165, 1.54) is 0 Å². The molecule has 1 aromatic carbocycles. The molecule has 1 rings (SSSR count). The molecule has 1 aromatic rings. The van der Waals surface area contributed by atoms with Crippen LogP contribution in [0.4, 0.5) is 0 Å². The Morgan fingerprint density at radius 1 is 1.53 bits per heavy atom. The normalized spacial score (nSPS) is 9.40.